The Kier molecular flexibility index (Phi) is 4.34. The molecule has 0 unspecified atom stereocenters. The Labute approximate surface area is 105 Å². The van der Waals surface area contributed by atoms with Crippen LogP contribution in [0.15, 0.2) is 23.2 Å². The molecular weight excluding hydrogens is 240 g/mol. The van der Waals surface area contributed by atoms with E-state index in [4.69, 9.17) is 23.1 Å². The van der Waals surface area contributed by atoms with E-state index in [0.717, 1.165) is 5.56 Å². The van der Waals surface area contributed by atoms with Crippen LogP contribution < -0.4 is 16.8 Å². The molecule has 0 saturated heterocycles. The number of urea groups is 1. The van der Waals surface area contributed by atoms with Gasteiger partial charge in [0.05, 0.1) is 10.7 Å². The van der Waals surface area contributed by atoms with Crippen molar-refractivity contribution in [2.24, 2.45) is 16.5 Å². The Bertz CT molecular complexity index is 453. The highest BCUT2D eigenvalue weighted by molar-refractivity contribution is 6.34. The number of aliphatic imine (C=N–C) groups is 1. The number of anilines is 1. The molecule has 0 radical (unpaired) electrons. The molecule has 0 atom stereocenters. The zero-order valence-corrected chi connectivity index (χ0v) is 10.5. The molecule has 0 aliphatic rings. The van der Waals surface area contributed by atoms with Gasteiger partial charge in [-0.15, -0.1) is 0 Å². The SMILES string of the molecule is CC(C)c1cccc(Cl)c1NC(=O)N=C(N)N. The van der Waals surface area contributed by atoms with Crippen LogP contribution in [0.2, 0.25) is 5.02 Å². The summed E-state index contributed by atoms with van der Waals surface area (Å²) < 4.78 is 0. The average Bonchev–Trinajstić information content (AvgIpc) is 2.19. The minimum absolute atomic E-state index is 0.225. The van der Waals surface area contributed by atoms with Gasteiger partial charge >= 0.3 is 6.03 Å². The molecule has 0 aliphatic heterocycles. The van der Waals surface area contributed by atoms with Gasteiger partial charge in [-0.25, -0.2) is 4.79 Å². The van der Waals surface area contributed by atoms with Crippen LogP contribution in [0.3, 0.4) is 0 Å². The summed E-state index contributed by atoms with van der Waals surface area (Å²) in [6.45, 7) is 4.00. The summed E-state index contributed by atoms with van der Waals surface area (Å²) in [7, 11) is 0. The van der Waals surface area contributed by atoms with Crippen LogP contribution in [-0.2, 0) is 0 Å². The molecule has 17 heavy (non-hydrogen) atoms. The molecule has 0 fully saturated rings. The smallest absolute Gasteiger partial charge is 0.348 e. The van der Waals surface area contributed by atoms with Gasteiger partial charge in [0.15, 0.2) is 5.96 Å². The van der Waals surface area contributed by atoms with Crippen molar-refractivity contribution in [1.82, 2.24) is 0 Å². The molecule has 0 heterocycles. The minimum atomic E-state index is -0.639. The van der Waals surface area contributed by atoms with Crippen molar-refractivity contribution < 1.29 is 4.79 Å². The Morgan fingerprint density at radius 2 is 2.06 bits per heavy atom. The Morgan fingerprint density at radius 1 is 1.41 bits per heavy atom. The quantitative estimate of drug-likeness (QED) is 0.558. The zero-order valence-electron chi connectivity index (χ0n) is 9.70. The van der Waals surface area contributed by atoms with E-state index >= 15 is 0 Å². The number of rotatable bonds is 2. The van der Waals surface area contributed by atoms with Crippen molar-refractivity contribution in [3.05, 3.63) is 28.8 Å². The van der Waals surface area contributed by atoms with Gasteiger partial charge in [-0.3, -0.25) is 0 Å². The normalized spacial score (nSPS) is 10.1. The molecular formula is C11H15ClN4O. The lowest BCUT2D eigenvalue weighted by Gasteiger charge is -2.14. The van der Waals surface area contributed by atoms with Crippen LogP contribution in [0.5, 0.6) is 0 Å². The maximum absolute atomic E-state index is 11.4. The van der Waals surface area contributed by atoms with Crippen molar-refractivity contribution in [2.75, 3.05) is 5.32 Å². The summed E-state index contributed by atoms with van der Waals surface area (Å²) in [5, 5.41) is 3.03. The first-order chi connectivity index (χ1) is 7.91. The molecule has 0 aliphatic carbocycles. The van der Waals surface area contributed by atoms with Crippen LogP contribution in [-0.4, -0.2) is 12.0 Å². The van der Waals surface area contributed by atoms with E-state index < -0.39 is 6.03 Å². The summed E-state index contributed by atoms with van der Waals surface area (Å²) in [6, 6.07) is 4.77. The van der Waals surface area contributed by atoms with Crippen molar-refractivity contribution >= 4 is 29.3 Å². The number of para-hydroxylation sites is 1. The van der Waals surface area contributed by atoms with Crippen LogP contribution >= 0.6 is 11.6 Å². The molecule has 1 aromatic rings. The van der Waals surface area contributed by atoms with Crippen LogP contribution in [0.4, 0.5) is 10.5 Å². The number of nitrogens with one attached hydrogen (secondary N) is 1. The lowest BCUT2D eigenvalue weighted by molar-refractivity contribution is 0.259. The number of hydrogen-bond acceptors (Lipinski definition) is 1. The van der Waals surface area contributed by atoms with Gasteiger partial charge in [-0.2, -0.15) is 4.99 Å². The number of nitrogens with zero attached hydrogens (tertiary/aromatic N) is 1. The molecule has 0 aromatic heterocycles. The van der Waals surface area contributed by atoms with E-state index in [9.17, 15) is 4.79 Å². The van der Waals surface area contributed by atoms with Gasteiger partial charge in [0.2, 0.25) is 0 Å². The summed E-state index contributed by atoms with van der Waals surface area (Å²) in [6.07, 6.45) is 0. The Hall–Kier alpha value is -1.75. The molecule has 1 rings (SSSR count). The summed E-state index contributed by atoms with van der Waals surface area (Å²) in [5.74, 6) is -0.0659. The van der Waals surface area contributed by atoms with Gasteiger partial charge in [0.25, 0.3) is 0 Å². The Morgan fingerprint density at radius 3 is 2.59 bits per heavy atom. The van der Waals surface area contributed by atoms with Gasteiger partial charge in [0.1, 0.15) is 0 Å². The van der Waals surface area contributed by atoms with Crippen molar-refractivity contribution in [3.63, 3.8) is 0 Å². The first-order valence-corrected chi connectivity index (χ1v) is 5.48. The summed E-state index contributed by atoms with van der Waals surface area (Å²) >= 11 is 6.03. The van der Waals surface area contributed by atoms with Crippen molar-refractivity contribution in [1.29, 1.82) is 0 Å². The lowest BCUT2D eigenvalue weighted by Crippen LogP contribution is -2.25. The minimum Gasteiger partial charge on any atom is -0.370 e. The first kappa shape index (κ1) is 13.3. The lowest BCUT2D eigenvalue weighted by atomic mass is 10.0. The number of halogens is 1. The van der Waals surface area contributed by atoms with E-state index in [-0.39, 0.29) is 11.9 Å². The molecule has 5 nitrogen and oxygen atoms in total. The first-order valence-electron chi connectivity index (χ1n) is 5.11. The highest BCUT2D eigenvalue weighted by Crippen LogP contribution is 2.31. The highest BCUT2D eigenvalue weighted by Gasteiger charge is 2.12. The molecule has 0 spiro atoms. The molecule has 0 saturated carbocycles. The van der Waals surface area contributed by atoms with Crippen LogP contribution in [0, 0.1) is 0 Å². The standard InChI is InChI=1S/C11H15ClN4O/c1-6(2)7-4-3-5-8(12)9(7)15-11(17)16-10(13)14/h3-6H,1-2H3,(H5,13,14,15,16,17). The fourth-order valence-electron chi connectivity index (χ4n) is 1.41. The number of carbonyl (C=O) groups is 1. The second kappa shape index (κ2) is 5.54. The predicted octanol–water partition coefficient (Wildman–Crippen LogP) is 2.27. The number of benzene rings is 1. The molecule has 0 bridgehead atoms. The largest absolute Gasteiger partial charge is 0.370 e. The number of guanidine groups is 1. The monoisotopic (exact) mass is 254 g/mol. The zero-order chi connectivity index (χ0) is 13.0. The number of carbonyl (C=O) groups excluding carboxylic acids is 1. The van der Waals surface area contributed by atoms with E-state index in [1.54, 1.807) is 6.07 Å². The van der Waals surface area contributed by atoms with Crippen LogP contribution in [0.1, 0.15) is 25.3 Å². The summed E-state index contributed by atoms with van der Waals surface area (Å²) in [5.41, 5.74) is 11.7. The van der Waals surface area contributed by atoms with Crippen LogP contribution in [0.25, 0.3) is 0 Å². The third-order valence-corrected chi connectivity index (χ3v) is 2.45. The molecule has 5 N–H and O–H groups in total. The maximum atomic E-state index is 11.4. The van der Waals surface area contributed by atoms with Gasteiger partial charge < -0.3 is 16.8 Å². The van der Waals surface area contributed by atoms with Gasteiger partial charge in [-0.05, 0) is 17.5 Å². The molecule has 6 heteroatoms. The van der Waals surface area contributed by atoms with E-state index in [0.29, 0.717) is 10.7 Å². The van der Waals surface area contributed by atoms with Crippen molar-refractivity contribution in [2.45, 2.75) is 19.8 Å². The highest BCUT2D eigenvalue weighted by atomic mass is 35.5. The van der Waals surface area contributed by atoms with E-state index in [1.165, 1.54) is 0 Å². The maximum Gasteiger partial charge on any atom is 0.348 e. The average molecular weight is 255 g/mol. The fraction of sp³-hybridized carbons (Fsp3) is 0.273. The fourth-order valence-corrected chi connectivity index (χ4v) is 1.64. The number of hydrogen-bond donors (Lipinski definition) is 3. The van der Waals surface area contributed by atoms with E-state index in [1.807, 2.05) is 26.0 Å². The topological polar surface area (TPSA) is 93.5 Å². The predicted molar refractivity (Wildman–Crippen MR) is 70.4 cm³/mol. The third kappa shape index (κ3) is 3.64. The van der Waals surface area contributed by atoms with E-state index in [2.05, 4.69) is 10.3 Å². The second-order valence-electron chi connectivity index (χ2n) is 3.83. The number of amides is 2. The number of nitrogens with two attached hydrogens (primary N) is 2. The van der Waals surface area contributed by atoms with Gasteiger partial charge in [-0.1, -0.05) is 37.6 Å². The Balaban J connectivity index is 3.05. The second-order valence-corrected chi connectivity index (χ2v) is 4.23. The molecule has 92 valence electrons. The molecule has 1 aromatic carbocycles. The van der Waals surface area contributed by atoms with Crippen molar-refractivity contribution in [3.8, 4) is 0 Å². The molecule has 2 amide bonds. The summed E-state index contributed by atoms with van der Waals surface area (Å²) in [4.78, 5) is 14.8. The van der Waals surface area contributed by atoms with Gasteiger partial charge in [0, 0.05) is 0 Å². The third-order valence-electron chi connectivity index (χ3n) is 2.13.